The van der Waals surface area contributed by atoms with Crippen molar-refractivity contribution < 1.29 is 9.47 Å². The topological polar surface area (TPSA) is 47.7 Å². The number of anilines is 1. The summed E-state index contributed by atoms with van der Waals surface area (Å²) in [6, 6.07) is 4.00. The van der Waals surface area contributed by atoms with Gasteiger partial charge >= 0.3 is 0 Å². The maximum absolute atomic E-state index is 5.98. The molecule has 5 heteroatoms. The highest BCUT2D eigenvalue weighted by atomic mass is 35.5. The van der Waals surface area contributed by atoms with Crippen molar-refractivity contribution in [2.45, 2.75) is 32.9 Å². The molecule has 20 heavy (non-hydrogen) atoms. The van der Waals surface area contributed by atoms with Gasteiger partial charge in [-0.3, -0.25) is 4.90 Å². The van der Waals surface area contributed by atoms with E-state index >= 15 is 0 Å². The van der Waals surface area contributed by atoms with Crippen LogP contribution in [0.4, 0.5) is 5.69 Å². The summed E-state index contributed by atoms with van der Waals surface area (Å²) < 4.78 is 11.0. The number of rotatable bonds is 2. The molecule has 0 atom stereocenters. The summed E-state index contributed by atoms with van der Waals surface area (Å²) in [7, 11) is 0. The van der Waals surface area contributed by atoms with Gasteiger partial charge in [0, 0.05) is 23.4 Å². The Bertz CT molecular complexity index is 459. The maximum atomic E-state index is 5.98. The normalized spacial score (nSPS) is 19.9. The lowest BCUT2D eigenvalue weighted by molar-refractivity contribution is -0.0175. The number of fused-ring (bicyclic) bond motifs is 1. The fraction of sp³-hybridized carbons (Fsp3) is 0.600. The Hall–Kier alpha value is -0.970. The molecule has 0 unspecified atom stereocenters. The van der Waals surface area contributed by atoms with Crippen molar-refractivity contribution >= 4 is 18.1 Å². The quantitative estimate of drug-likeness (QED) is 0.853. The van der Waals surface area contributed by atoms with Gasteiger partial charge in [-0.1, -0.05) is 6.92 Å². The molecule has 0 aromatic heterocycles. The first-order valence-electron chi connectivity index (χ1n) is 7.06. The maximum Gasteiger partial charge on any atom is 0.189 e. The average molecular weight is 299 g/mol. The van der Waals surface area contributed by atoms with Crippen LogP contribution in [0.3, 0.4) is 0 Å². The zero-order chi connectivity index (χ0) is 13.2. The van der Waals surface area contributed by atoms with Crippen molar-refractivity contribution in [3.8, 4) is 5.75 Å². The molecule has 1 aromatic carbocycles. The Labute approximate surface area is 126 Å². The molecule has 0 spiro atoms. The van der Waals surface area contributed by atoms with Gasteiger partial charge in [0.1, 0.15) is 5.75 Å². The number of hydrogen-bond acceptors (Lipinski definition) is 4. The van der Waals surface area contributed by atoms with Crippen molar-refractivity contribution in [1.82, 2.24) is 4.90 Å². The standard InChI is InChI=1S/C15H22N2O2.ClH/c1-11-2-4-17(5-3-11)8-12-6-14(16)7-13-9-18-10-19-15(12)13;/h6-7,11H,2-5,8-10,16H2,1H3;1H. The van der Waals surface area contributed by atoms with Gasteiger partial charge in [-0.05, 0) is 44.0 Å². The van der Waals surface area contributed by atoms with E-state index in [9.17, 15) is 0 Å². The smallest absolute Gasteiger partial charge is 0.189 e. The minimum absolute atomic E-state index is 0. The molecule has 1 fully saturated rings. The molecule has 0 aliphatic carbocycles. The summed E-state index contributed by atoms with van der Waals surface area (Å²) >= 11 is 0. The monoisotopic (exact) mass is 298 g/mol. The third kappa shape index (κ3) is 3.37. The van der Waals surface area contributed by atoms with Crippen LogP contribution in [0.5, 0.6) is 5.75 Å². The van der Waals surface area contributed by atoms with Gasteiger partial charge in [0.15, 0.2) is 6.79 Å². The first kappa shape index (κ1) is 15.4. The molecule has 2 aliphatic rings. The Morgan fingerprint density at radius 3 is 2.80 bits per heavy atom. The molecule has 1 saturated heterocycles. The molecule has 0 amide bonds. The van der Waals surface area contributed by atoms with Crippen LogP contribution < -0.4 is 10.5 Å². The lowest BCUT2D eigenvalue weighted by Gasteiger charge is -2.31. The van der Waals surface area contributed by atoms with E-state index in [2.05, 4.69) is 11.8 Å². The molecule has 4 nitrogen and oxygen atoms in total. The van der Waals surface area contributed by atoms with Crippen LogP contribution in [-0.2, 0) is 17.9 Å². The molecule has 1 aromatic rings. The van der Waals surface area contributed by atoms with Crippen LogP contribution in [-0.4, -0.2) is 24.8 Å². The van der Waals surface area contributed by atoms with Gasteiger partial charge in [-0.2, -0.15) is 0 Å². The van der Waals surface area contributed by atoms with Gasteiger partial charge < -0.3 is 15.2 Å². The molecule has 0 radical (unpaired) electrons. The van der Waals surface area contributed by atoms with Crippen LogP contribution in [0, 0.1) is 5.92 Å². The Morgan fingerprint density at radius 1 is 1.30 bits per heavy atom. The summed E-state index contributed by atoms with van der Waals surface area (Å²) in [6.07, 6.45) is 2.57. The average Bonchev–Trinajstić information content (AvgIpc) is 2.41. The Balaban J connectivity index is 0.00000147. The summed E-state index contributed by atoms with van der Waals surface area (Å²) in [5, 5.41) is 0. The van der Waals surface area contributed by atoms with Crippen molar-refractivity contribution in [2.24, 2.45) is 5.92 Å². The van der Waals surface area contributed by atoms with E-state index in [-0.39, 0.29) is 12.4 Å². The zero-order valence-electron chi connectivity index (χ0n) is 11.9. The molecular weight excluding hydrogens is 276 g/mol. The van der Waals surface area contributed by atoms with E-state index < -0.39 is 0 Å². The van der Waals surface area contributed by atoms with Crippen LogP contribution in [0.2, 0.25) is 0 Å². The van der Waals surface area contributed by atoms with E-state index in [0.29, 0.717) is 13.4 Å². The van der Waals surface area contributed by atoms with E-state index in [1.807, 2.05) is 12.1 Å². The summed E-state index contributed by atoms with van der Waals surface area (Å²) in [4.78, 5) is 2.49. The van der Waals surface area contributed by atoms with E-state index in [1.54, 1.807) is 0 Å². The number of benzene rings is 1. The Kier molecular flexibility index (Phi) is 5.13. The summed E-state index contributed by atoms with van der Waals surface area (Å²) in [5.41, 5.74) is 9.06. The van der Waals surface area contributed by atoms with Crippen molar-refractivity contribution in [3.63, 3.8) is 0 Å². The lowest BCUT2D eigenvalue weighted by atomic mass is 9.98. The Morgan fingerprint density at radius 2 is 2.05 bits per heavy atom. The van der Waals surface area contributed by atoms with E-state index in [4.69, 9.17) is 15.2 Å². The number of halogens is 1. The molecule has 112 valence electrons. The number of ether oxygens (including phenoxy) is 2. The molecule has 0 saturated carbocycles. The number of likely N-dealkylation sites (tertiary alicyclic amines) is 1. The highest BCUT2D eigenvalue weighted by Gasteiger charge is 2.20. The van der Waals surface area contributed by atoms with Crippen LogP contribution in [0.25, 0.3) is 0 Å². The second-order valence-electron chi connectivity index (χ2n) is 5.74. The highest BCUT2D eigenvalue weighted by molar-refractivity contribution is 5.85. The molecular formula is C15H23ClN2O2. The number of nitrogens with zero attached hydrogens (tertiary/aromatic N) is 1. The largest absolute Gasteiger partial charge is 0.467 e. The zero-order valence-corrected chi connectivity index (χ0v) is 12.7. The fourth-order valence-electron chi connectivity index (χ4n) is 2.90. The first-order valence-corrected chi connectivity index (χ1v) is 7.06. The molecule has 2 N–H and O–H groups in total. The third-order valence-corrected chi connectivity index (χ3v) is 4.08. The fourth-order valence-corrected chi connectivity index (χ4v) is 2.90. The first-order chi connectivity index (χ1) is 9.22. The second kappa shape index (κ2) is 6.66. The van der Waals surface area contributed by atoms with Gasteiger partial charge in [0.05, 0.1) is 6.61 Å². The van der Waals surface area contributed by atoms with Crippen LogP contribution in [0.1, 0.15) is 30.9 Å². The number of nitrogens with two attached hydrogens (primary N) is 1. The predicted molar refractivity (Wildman–Crippen MR) is 82.1 cm³/mol. The molecule has 3 rings (SSSR count). The summed E-state index contributed by atoms with van der Waals surface area (Å²) in [6.45, 7) is 6.55. The van der Waals surface area contributed by atoms with E-state index in [0.717, 1.165) is 29.5 Å². The lowest BCUT2D eigenvalue weighted by Crippen LogP contribution is -2.32. The summed E-state index contributed by atoms with van der Waals surface area (Å²) in [5.74, 6) is 1.84. The second-order valence-corrected chi connectivity index (χ2v) is 5.74. The van der Waals surface area contributed by atoms with Crippen molar-refractivity contribution in [1.29, 1.82) is 0 Å². The van der Waals surface area contributed by atoms with Gasteiger partial charge in [-0.25, -0.2) is 0 Å². The minimum Gasteiger partial charge on any atom is -0.467 e. The predicted octanol–water partition coefficient (Wildman–Crippen LogP) is 2.79. The van der Waals surface area contributed by atoms with Gasteiger partial charge in [-0.15, -0.1) is 12.4 Å². The van der Waals surface area contributed by atoms with Crippen LogP contribution in [0.15, 0.2) is 12.1 Å². The van der Waals surface area contributed by atoms with Gasteiger partial charge in [0.2, 0.25) is 0 Å². The SMILES string of the molecule is CC1CCN(Cc2cc(N)cc3c2OCOC3)CC1.Cl. The van der Waals surface area contributed by atoms with E-state index in [1.165, 1.54) is 31.5 Å². The number of hydrogen-bond donors (Lipinski definition) is 1. The van der Waals surface area contributed by atoms with Crippen molar-refractivity contribution in [2.75, 3.05) is 25.6 Å². The third-order valence-electron chi connectivity index (χ3n) is 4.08. The highest BCUT2D eigenvalue weighted by Crippen LogP contribution is 2.32. The van der Waals surface area contributed by atoms with Gasteiger partial charge in [0.25, 0.3) is 0 Å². The molecule has 2 aliphatic heterocycles. The minimum atomic E-state index is 0. The number of piperidine rings is 1. The van der Waals surface area contributed by atoms with Crippen LogP contribution >= 0.6 is 12.4 Å². The molecule has 0 bridgehead atoms. The molecule has 2 heterocycles. The van der Waals surface area contributed by atoms with Crippen molar-refractivity contribution in [3.05, 3.63) is 23.3 Å². The number of nitrogen functional groups attached to an aromatic ring is 1.